The van der Waals surface area contributed by atoms with Crippen LogP contribution in [0.3, 0.4) is 0 Å². The molecule has 0 aromatic carbocycles. The number of anilines is 1. The van der Waals surface area contributed by atoms with E-state index >= 15 is 0 Å². The van der Waals surface area contributed by atoms with E-state index in [1.165, 1.54) is 50.6 Å². The molecule has 2 aliphatic heterocycles. The maximum atomic E-state index is 12.3. The minimum Gasteiger partial charge on any atom is -0.298 e. The third-order valence-electron chi connectivity index (χ3n) is 7.63. The molecule has 33 heavy (non-hydrogen) atoms. The third-order valence-corrected chi connectivity index (χ3v) is 7.63. The van der Waals surface area contributed by atoms with Crippen molar-refractivity contribution in [2.24, 2.45) is 5.92 Å². The van der Waals surface area contributed by atoms with E-state index in [1.54, 1.807) is 15.6 Å². The highest BCUT2D eigenvalue weighted by Gasteiger charge is 2.28. The minimum atomic E-state index is -0.370. The smallest absolute Gasteiger partial charge is 0.298 e. The summed E-state index contributed by atoms with van der Waals surface area (Å²) >= 11 is 0. The van der Waals surface area contributed by atoms with Crippen LogP contribution in [0.15, 0.2) is 24.5 Å². The molecule has 3 fully saturated rings. The van der Waals surface area contributed by atoms with Gasteiger partial charge in [0.1, 0.15) is 0 Å². The molecule has 178 valence electrons. The van der Waals surface area contributed by atoms with Gasteiger partial charge < -0.3 is 0 Å². The van der Waals surface area contributed by atoms with Crippen LogP contribution in [0.2, 0.25) is 0 Å². The van der Waals surface area contributed by atoms with Gasteiger partial charge in [-0.1, -0.05) is 25.7 Å². The maximum Gasteiger partial charge on any atom is 0.328 e. The van der Waals surface area contributed by atoms with E-state index in [1.807, 2.05) is 6.20 Å². The fourth-order valence-corrected chi connectivity index (χ4v) is 5.73. The number of hydrogen-bond donors (Lipinski definition) is 1. The van der Waals surface area contributed by atoms with Crippen LogP contribution in [0.4, 0.5) is 10.5 Å². The summed E-state index contributed by atoms with van der Waals surface area (Å²) in [5.41, 5.74) is 2.88. The van der Waals surface area contributed by atoms with Crippen molar-refractivity contribution in [3.63, 3.8) is 0 Å². The largest absolute Gasteiger partial charge is 0.328 e. The SMILES string of the molecule is C[C@H]1CN(Cc2ccn3ncc(N4CCC(=O)NC4=O)c3c2)CCN1CC1CCCCCC1. The van der Waals surface area contributed by atoms with Gasteiger partial charge in [-0.3, -0.25) is 24.8 Å². The first-order valence-corrected chi connectivity index (χ1v) is 12.6. The number of nitrogens with zero attached hydrogens (tertiary/aromatic N) is 5. The van der Waals surface area contributed by atoms with Crippen molar-refractivity contribution in [1.29, 1.82) is 0 Å². The molecular weight excluding hydrogens is 416 g/mol. The maximum absolute atomic E-state index is 12.3. The van der Waals surface area contributed by atoms with Crippen molar-refractivity contribution < 1.29 is 9.59 Å². The normalized spacial score (nSPS) is 24.3. The molecule has 0 spiro atoms. The van der Waals surface area contributed by atoms with Crippen molar-refractivity contribution in [1.82, 2.24) is 24.7 Å². The molecule has 8 nitrogen and oxygen atoms in total. The first kappa shape index (κ1) is 22.3. The highest BCUT2D eigenvalue weighted by molar-refractivity contribution is 6.07. The number of piperazine rings is 1. The highest BCUT2D eigenvalue weighted by Crippen LogP contribution is 2.27. The van der Waals surface area contributed by atoms with Crippen molar-refractivity contribution in [2.45, 2.75) is 64.5 Å². The minimum absolute atomic E-state index is 0.222. The fraction of sp³-hybridized carbons (Fsp3) is 0.640. The third kappa shape index (κ3) is 5.06. The molecule has 5 rings (SSSR count). The van der Waals surface area contributed by atoms with Gasteiger partial charge in [-0.25, -0.2) is 9.31 Å². The Morgan fingerprint density at radius 3 is 2.67 bits per heavy atom. The zero-order valence-corrected chi connectivity index (χ0v) is 19.7. The Morgan fingerprint density at radius 1 is 1.09 bits per heavy atom. The van der Waals surface area contributed by atoms with Gasteiger partial charge in [-0.2, -0.15) is 5.10 Å². The molecule has 0 bridgehead atoms. The fourth-order valence-electron chi connectivity index (χ4n) is 5.73. The lowest BCUT2D eigenvalue weighted by atomic mass is 9.98. The Labute approximate surface area is 195 Å². The lowest BCUT2D eigenvalue weighted by Gasteiger charge is -2.41. The van der Waals surface area contributed by atoms with Gasteiger partial charge in [0.25, 0.3) is 0 Å². The zero-order valence-electron chi connectivity index (χ0n) is 19.7. The molecular formula is C25H36N6O2. The van der Waals surface area contributed by atoms with Crippen LogP contribution in [0.25, 0.3) is 5.52 Å². The topological polar surface area (TPSA) is 73.2 Å². The van der Waals surface area contributed by atoms with Crippen molar-refractivity contribution >= 4 is 23.1 Å². The Hall–Kier alpha value is -2.45. The molecule has 1 atom stereocenters. The summed E-state index contributed by atoms with van der Waals surface area (Å²) in [6.07, 6.45) is 12.5. The van der Waals surface area contributed by atoms with Crippen LogP contribution in [0.1, 0.15) is 57.4 Å². The van der Waals surface area contributed by atoms with Crippen LogP contribution in [0.5, 0.6) is 0 Å². The molecule has 2 saturated heterocycles. The van der Waals surface area contributed by atoms with Gasteiger partial charge in [0.2, 0.25) is 5.91 Å². The monoisotopic (exact) mass is 452 g/mol. The Morgan fingerprint density at radius 2 is 1.91 bits per heavy atom. The first-order chi connectivity index (χ1) is 16.1. The molecule has 1 N–H and O–H groups in total. The number of pyridine rings is 1. The number of aromatic nitrogens is 2. The van der Waals surface area contributed by atoms with Crippen molar-refractivity contribution in [2.75, 3.05) is 37.6 Å². The molecule has 2 aromatic rings. The predicted octanol–water partition coefficient (Wildman–Crippen LogP) is 3.26. The first-order valence-electron chi connectivity index (χ1n) is 12.6. The van der Waals surface area contributed by atoms with Gasteiger partial charge >= 0.3 is 6.03 Å². The quantitative estimate of drug-likeness (QED) is 0.705. The van der Waals surface area contributed by atoms with E-state index in [0.29, 0.717) is 19.0 Å². The summed E-state index contributed by atoms with van der Waals surface area (Å²) < 4.78 is 1.80. The number of imide groups is 1. The number of nitrogens with one attached hydrogen (secondary N) is 1. The second-order valence-corrected chi connectivity index (χ2v) is 10.1. The van der Waals surface area contributed by atoms with Crippen molar-refractivity contribution in [3.8, 4) is 0 Å². The summed E-state index contributed by atoms with van der Waals surface area (Å²) in [5.74, 6) is 0.659. The van der Waals surface area contributed by atoms with Crippen LogP contribution < -0.4 is 10.2 Å². The molecule has 2 aromatic heterocycles. The van der Waals surface area contributed by atoms with Gasteiger partial charge in [0.15, 0.2) is 0 Å². The number of fused-ring (bicyclic) bond motifs is 1. The summed E-state index contributed by atoms with van der Waals surface area (Å²) in [5, 5.41) is 6.81. The number of rotatable bonds is 5. The van der Waals surface area contributed by atoms with E-state index in [2.05, 4.69) is 39.3 Å². The van der Waals surface area contributed by atoms with Gasteiger partial charge in [-0.05, 0) is 43.4 Å². The average Bonchev–Trinajstić information content (AvgIpc) is 3.02. The molecule has 0 radical (unpaired) electrons. The number of urea groups is 1. The number of carbonyl (C=O) groups excluding carboxylic acids is 2. The molecule has 1 aliphatic carbocycles. The molecule has 3 amide bonds. The summed E-state index contributed by atoms with van der Waals surface area (Å²) in [6, 6.07) is 4.46. The molecule has 1 saturated carbocycles. The second-order valence-electron chi connectivity index (χ2n) is 10.1. The van der Waals surface area contributed by atoms with Gasteiger partial charge in [-0.15, -0.1) is 0 Å². The van der Waals surface area contributed by atoms with E-state index in [0.717, 1.165) is 43.3 Å². The number of amides is 3. The van der Waals surface area contributed by atoms with Crippen LogP contribution in [0, 0.1) is 5.92 Å². The van der Waals surface area contributed by atoms with E-state index in [9.17, 15) is 9.59 Å². The van der Waals surface area contributed by atoms with Crippen LogP contribution in [-0.4, -0.2) is 70.1 Å². The summed E-state index contributed by atoms with van der Waals surface area (Å²) in [7, 11) is 0. The molecule has 4 heterocycles. The average molecular weight is 453 g/mol. The lowest BCUT2D eigenvalue weighted by Crippen LogP contribution is -2.52. The standard InChI is InChI=1S/C25H36N6O2/c1-19-16-28(12-13-29(19)18-20-6-4-2-3-5-7-20)17-21-8-11-31-22(14-21)23(15-26-31)30-10-9-24(32)27-25(30)33/h8,11,14-15,19-20H,2-7,9-10,12-13,16-18H2,1H3,(H,27,32,33)/t19-/m0/s1. The summed E-state index contributed by atoms with van der Waals surface area (Å²) in [4.78, 5) is 30.7. The number of hydrogen-bond acceptors (Lipinski definition) is 5. The Bertz CT molecular complexity index is 996. The molecule has 0 unspecified atom stereocenters. The van der Waals surface area contributed by atoms with Gasteiger partial charge in [0, 0.05) is 57.9 Å². The highest BCUT2D eigenvalue weighted by atomic mass is 16.2. The van der Waals surface area contributed by atoms with E-state index < -0.39 is 0 Å². The van der Waals surface area contributed by atoms with Crippen LogP contribution in [-0.2, 0) is 11.3 Å². The lowest BCUT2D eigenvalue weighted by molar-refractivity contribution is -0.120. The molecule has 3 aliphatic rings. The molecule has 8 heteroatoms. The Kier molecular flexibility index (Phi) is 6.64. The predicted molar refractivity (Wildman–Crippen MR) is 128 cm³/mol. The van der Waals surface area contributed by atoms with Crippen molar-refractivity contribution in [3.05, 3.63) is 30.1 Å². The summed E-state index contributed by atoms with van der Waals surface area (Å²) in [6.45, 7) is 8.23. The zero-order chi connectivity index (χ0) is 22.8. The van der Waals surface area contributed by atoms with E-state index in [-0.39, 0.29) is 11.9 Å². The van der Waals surface area contributed by atoms with Crippen LogP contribution >= 0.6 is 0 Å². The number of carbonyl (C=O) groups is 2. The Balaban J connectivity index is 1.22. The van der Waals surface area contributed by atoms with E-state index in [4.69, 9.17) is 0 Å². The second kappa shape index (κ2) is 9.81. The van der Waals surface area contributed by atoms with Gasteiger partial charge in [0.05, 0.1) is 17.4 Å².